The van der Waals surface area contributed by atoms with Gasteiger partial charge in [0, 0.05) is 18.8 Å². The molecular formula is C24H30N4O. The average Bonchev–Trinajstić information content (AvgIpc) is 3.08. The first-order chi connectivity index (χ1) is 14.1. The van der Waals surface area contributed by atoms with E-state index in [0.717, 1.165) is 61.6 Å². The molecule has 1 N–H and O–H groups in total. The fourth-order valence-corrected chi connectivity index (χ4v) is 4.33. The predicted molar refractivity (Wildman–Crippen MR) is 118 cm³/mol. The van der Waals surface area contributed by atoms with Gasteiger partial charge in [0.05, 0.1) is 23.5 Å². The first-order valence-corrected chi connectivity index (χ1v) is 10.6. The zero-order valence-electron chi connectivity index (χ0n) is 17.6. The van der Waals surface area contributed by atoms with Crippen LogP contribution in [-0.2, 0) is 17.9 Å². The van der Waals surface area contributed by atoms with Crippen molar-refractivity contribution in [2.75, 3.05) is 18.4 Å². The third-order valence-electron chi connectivity index (χ3n) is 6.15. The number of nitrogens with one attached hydrogen (secondary N) is 1. The monoisotopic (exact) mass is 390 g/mol. The third kappa shape index (κ3) is 4.06. The molecule has 0 bridgehead atoms. The van der Waals surface area contributed by atoms with Crippen molar-refractivity contribution in [2.24, 2.45) is 5.92 Å². The van der Waals surface area contributed by atoms with Gasteiger partial charge in [0.1, 0.15) is 5.82 Å². The zero-order chi connectivity index (χ0) is 20.4. The number of anilines is 1. The number of carbonyl (C=O) groups is 1. The Kier molecular flexibility index (Phi) is 5.67. The van der Waals surface area contributed by atoms with E-state index in [4.69, 9.17) is 4.98 Å². The van der Waals surface area contributed by atoms with Gasteiger partial charge in [0.15, 0.2) is 0 Å². The van der Waals surface area contributed by atoms with E-state index in [1.54, 1.807) is 0 Å². The first kappa shape index (κ1) is 19.6. The van der Waals surface area contributed by atoms with E-state index in [1.165, 1.54) is 11.1 Å². The first-order valence-electron chi connectivity index (χ1n) is 10.6. The average molecular weight is 391 g/mol. The van der Waals surface area contributed by atoms with Gasteiger partial charge in [-0.2, -0.15) is 0 Å². The van der Waals surface area contributed by atoms with E-state index in [9.17, 15) is 4.79 Å². The van der Waals surface area contributed by atoms with E-state index in [1.807, 2.05) is 18.2 Å². The molecule has 5 heteroatoms. The van der Waals surface area contributed by atoms with E-state index in [2.05, 4.69) is 59.8 Å². The molecule has 1 fully saturated rings. The van der Waals surface area contributed by atoms with E-state index in [0.29, 0.717) is 0 Å². The molecule has 1 saturated heterocycles. The van der Waals surface area contributed by atoms with Crippen molar-refractivity contribution in [3.63, 3.8) is 0 Å². The lowest BCUT2D eigenvalue weighted by atomic mass is 9.96. The van der Waals surface area contributed by atoms with Gasteiger partial charge in [-0.25, -0.2) is 4.98 Å². The summed E-state index contributed by atoms with van der Waals surface area (Å²) in [4.78, 5) is 20.2. The maximum Gasteiger partial charge on any atom is 0.228 e. The number of aromatic nitrogens is 2. The Morgan fingerprint density at radius 1 is 1.17 bits per heavy atom. The molecule has 2 aromatic carbocycles. The second-order valence-electron chi connectivity index (χ2n) is 8.07. The van der Waals surface area contributed by atoms with Gasteiger partial charge in [0.25, 0.3) is 0 Å². The lowest BCUT2D eigenvalue weighted by Crippen LogP contribution is -2.40. The highest BCUT2D eigenvalue weighted by atomic mass is 16.1. The quantitative estimate of drug-likeness (QED) is 0.697. The van der Waals surface area contributed by atoms with Crippen LogP contribution in [0.15, 0.2) is 42.5 Å². The number of piperidine rings is 1. The number of amides is 1. The molecule has 1 atom stereocenters. The SMILES string of the molecule is CCn1c(CN2CCC[C@H](C(=O)Nc3cccc(C)c3C)C2)nc2ccccc21. The van der Waals surface area contributed by atoms with Crippen molar-refractivity contribution in [3.8, 4) is 0 Å². The number of benzene rings is 2. The molecule has 1 aliphatic rings. The Balaban J connectivity index is 1.46. The smallest absolute Gasteiger partial charge is 0.228 e. The summed E-state index contributed by atoms with van der Waals surface area (Å²) < 4.78 is 2.29. The Morgan fingerprint density at radius 3 is 2.83 bits per heavy atom. The molecule has 4 rings (SSSR count). The minimum atomic E-state index is 0.0168. The lowest BCUT2D eigenvalue weighted by Gasteiger charge is -2.32. The molecule has 1 aliphatic heterocycles. The number of rotatable bonds is 5. The van der Waals surface area contributed by atoms with Crippen LogP contribution < -0.4 is 5.32 Å². The van der Waals surface area contributed by atoms with E-state index >= 15 is 0 Å². The van der Waals surface area contributed by atoms with Gasteiger partial charge in [-0.15, -0.1) is 0 Å². The molecule has 0 saturated carbocycles. The summed E-state index contributed by atoms with van der Waals surface area (Å²) in [7, 11) is 0. The minimum absolute atomic E-state index is 0.0168. The zero-order valence-corrected chi connectivity index (χ0v) is 17.6. The van der Waals surface area contributed by atoms with Crippen molar-refractivity contribution in [3.05, 3.63) is 59.4 Å². The molecule has 152 valence electrons. The Hall–Kier alpha value is -2.66. The molecule has 1 amide bonds. The van der Waals surface area contributed by atoms with Crippen LogP contribution in [0.2, 0.25) is 0 Å². The van der Waals surface area contributed by atoms with Gasteiger partial charge >= 0.3 is 0 Å². The largest absolute Gasteiger partial charge is 0.327 e. The molecule has 2 heterocycles. The molecule has 3 aromatic rings. The highest BCUT2D eigenvalue weighted by molar-refractivity contribution is 5.93. The number of fused-ring (bicyclic) bond motifs is 1. The standard InChI is InChI=1S/C24H30N4O/c1-4-28-22-13-6-5-11-21(22)25-23(28)16-27-14-8-10-19(15-27)24(29)26-20-12-7-9-17(2)18(20)3/h5-7,9,11-13,19H,4,8,10,14-16H2,1-3H3,(H,26,29)/t19-/m0/s1. The molecule has 0 unspecified atom stereocenters. The van der Waals surface area contributed by atoms with Crippen LogP contribution in [0.25, 0.3) is 11.0 Å². The third-order valence-corrected chi connectivity index (χ3v) is 6.15. The summed E-state index contributed by atoms with van der Waals surface area (Å²) in [6.45, 7) is 9.79. The number of aryl methyl sites for hydroxylation is 2. The van der Waals surface area contributed by atoms with Crippen molar-refractivity contribution in [1.29, 1.82) is 0 Å². The summed E-state index contributed by atoms with van der Waals surface area (Å²) in [6, 6.07) is 14.4. The van der Waals surface area contributed by atoms with Crippen molar-refractivity contribution >= 4 is 22.6 Å². The van der Waals surface area contributed by atoms with Gasteiger partial charge in [0.2, 0.25) is 5.91 Å². The molecule has 0 spiro atoms. The van der Waals surface area contributed by atoms with Crippen LogP contribution in [0, 0.1) is 19.8 Å². The number of imidazole rings is 1. The fourth-order valence-electron chi connectivity index (χ4n) is 4.33. The highest BCUT2D eigenvalue weighted by Gasteiger charge is 2.27. The maximum atomic E-state index is 12.9. The summed E-state index contributed by atoms with van der Waals surface area (Å²) in [6.07, 6.45) is 1.98. The summed E-state index contributed by atoms with van der Waals surface area (Å²) in [5.74, 6) is 1.24. The van der Waals surface area contributed by atoms with Gasteiger partial charge in [-0.05, 0) is 69.5 Å². The van der Waals surface area contributed by atoms with Crippen LogP contribution in [-0.4, -0.2) is 33.4 Å². The number of para-hydroxylation sites is 2. The molecule has 5 nitrogen and oxygen atoms in total. The minimum Gasteiger partial charge on any atom is -0.327 e. The summed E-state index contributed by atoms with van der Waals surface area (Å²) in [5.41, 5.74) is 5.51. The van der Waals surface area contributed by atoms with Crippen molar-refractivity contribution in [2.45, 2.75) is 46.7 Å². The number of likely N-dealkylation sites (tertiary alicyclic amines) is 1. The molecule has 1 aromatic heterocycles. The van der Waals surface area contributed by atoms with Crippen LogP contribution in [0.4, 0.5) is 5.69 Å². The number of carbonyl (C=O) groups excluding carboxylic acids is 1. The van der Waals surface area contributed by atoms with Crippen LogP contribution >= 0.6 is 0 Å². The van der Waals surface area contributed by atoms with E-state index < -0.39 is 0 Å². The van der Waals surface area contributed by atoms with Crippen molar-refractivity contribution < 1.29 is 4.79 Å². The number of hydrogen-bond acceptors (Lipinski definition) is 3. The molecule has 0 aliphatic carbocycles. The number of nitrogens with zero attached hydrogens (tertiary/aromatic N) is 3. The van der Waals surface area contributed by atoms with Gasteiger partial charge < -0.3 is 9.88 Å². The van der Waals surface area contributed by atoms with Crippen LogP contribution in [0.3, 0.4) is 0 Å². The predicted octanol–water partition coefficient (Wildman–Crippen LogP) is 4.52. The second kappa shape index (κ2) is 8.37. The lowest BCUT2D eigenvalue weighted by molar-refractivity contribution is -0.121. The Bertz CT molecular complexity index is 1020. The highest BCUT2D eigenvalue weighted by Crippen LogP contribution is 2.24. The Labute approximate surface area is 172 Å². The molecule has 0 radical (unpaired) electrons. The second-order valence-corrected chi connectivity index (χ2v) is 8.07. The maximum absolute atomic E-state index is 12.9. The van der Waals surface area contributed by atoms with Gasteiger partial charge in [-0.3, -0.25) is 9.69 Å². The molecular weight excluding hydrogens is 360 g/mol. The van der Waals surface area contributed by atoms with Crippen LogP contribution in [0.5, 0.6) is 0 Å². The number of hydrogen-bond donors (Lipinski definition) is 1. The topological polar surface area (TPSA) is 50.2 Å². The Morgan fingerprint density at radius 2 is 2.00 bits per heavy atom. The molecule has 29 heavy (non-hydrogen) atoms. The fraction of sp³-hybridized carbons (Fsp3) is 0.417. The van der Waals surface area contributed by atoms with Crippen LogP contribution in [0.1, 0.15) is 36.7 Å². The summed E-state index contributed by atoms with van der Waals surface area (Å²) in [5, 5.41) is 3.16. The van der Waals surface area contributed by atoms with Crippen molar-refractivity contribution in [1.82, 2.24) is 14.5 Å². The normalized spacial score (nSPS) is 17.6. The summed E-state index contributed by atoms with van der Waals surface area (Å²) >= 11 is 0. The van der Waals surface area contributed by atoms with E-state index in [-0.39, 0.29) is 11.8 Å². The van der Waals surface area contributed by atoms with Gasteiger partial charge in [-0.1, -0.05) is 24.3 Å².